The molecule has 2 saturated heterocycles. The van der Waals surface area contributed by atoms with Gasteiger partial charge in [-0.2, -0.15) is 0 Å². The van der Waals surface area contributed by atoms with Gasteiger partial charge in [-0.1, -0.05) is 37.3 Å². The molecule has 1 atom stereocenters. The number of carbonyl (C=O) groups is 1. The summed E-state index contributed by atoms with van der Waals surface area (Å²) < 4.78 is 0. The van der Waals surface area contributed by atoms with E-state index < -0.39 is 0 Å². The number of hydrogen-bond donors (Lipinski definition) is 0. The van der Waals surface area contributed by atoms with Crippen LogP contribution < -0.4 is 4.90 Å². The molecule has 2 fully saturated rings. The minimum absolute atomic E-state index is 0.0660. The summed E-state index contributed by atoms with van der Waals surface area (Å²) in [5.74, 6) is 0.0660. The van der Waals surface area contributed by atoms with Crippen LogP contribution in [0.5, 0.6) is 0 Å². The molecule has 2 aromatic rings. The van der Waals surface area contributed by atoms with Crippen LogP contribution in [0.25, 0.3) is 0 Å². The molecule has 0 spiro atoms. The van der Waals surface area contributed by atoms with E-state index in [9.17, 15) is 4.79 Å². The van der Waals surface area contributed by atoms with Crippen LogP contribution in [0.4, 0.5) is 5.69 Å². The molecule has 0 aliphatic carbocycles. The standard InChI is InChI=1S/C24H32N4O/c1-2-21-10-6-7-13-28(21)22-11-12-25-23(18-22)24(29)27-16-14-26(15-17-27)19-20-8-4-3-5-9-20/h3-5,8-9,11-12,18,21H,2,6-7,10,13-17,19H2,1H3. The summed E-state index contributed by atoms with van der Waals surface area (Å²) in [5, 5.41) is 0. The van der Waals surface area contributed by atoms with Gasteiger partial charge < -0.3 is 9.80 Å². The van der Waals surface area contributed by atoms with Crippen LogP contribution in [0.15, 0.2) is 48.7 Å². The molecular formula is C24H32N4O. The van der Waals surface area contributed by atoms with Crippen LogP contribution >= 0.6 is 0 Å². The molecule has 1 unspecified atom stereocenters. The fourth-order valence-corrected chi connectivity index (χ4v) is 4.59. The van der Waals surface area contributed by atoms with Crippen molar-refractivity contribution in [2.45, 2.75) is 45.2 Å². The van der Waals surface area contributed by atoms with Crippen LogP contribution in [0.1, 0.15) is 48.7 Å². The van der Waals surface area contributed by atoms with Crippen LogP contribution in [-0.4, -0.2) is 59.5 Å². The predicted molar refractivity (Wildman–Crippen MR) is 117 cm³/mol. The third kappa shape index (κ3) is 4.78. The van der Waals surface area contributed by atoms with Crippen LogP contribution in [-0.2, 0) is 6.54 Å². The topological polar surface area (TPSA) is 39.7 Å². The van der Waals surface area contributed by atoms with E-state index in [4.69, 9.17) is 0 Å². The Morgan fingerprint density at radius 1 is 1.03 bits per heavy atom. The number of piperidine rings is 1. The molecule has 4 rings (SSSR count). The largest absolute Gasteiger partial charge is 0.368 e. The Morgan fingerprint density at radius 3 is 2.59 bits per heavy atom. The number of piperazine rings is 1. The number of pyridine rings is 1. The molecule has 1 aromatic heterocycles. The van der Waals surface area contributed by atoms with Gasteiger partial charge >= 0.3 is 0 Å². The number of rotatable bonds is 5. The molecule has 0 N–H and O–H groups in total. The molecule has 1 aromatic carbocycles. The van der Waals surface area contributed by atoms with Gasteiger partial charge in [0.2, 0.25) is 0 Å². The number of aromatic nitrogens is 1. The summed E-state index contributed by atoms with van der Waals surface area (Å²) >= 11 is 0. The molecule has 2 aliphatic rings. The Balaban J connectivity index is 1.37. The summed E-state index contributed by atoms with van der Waals surface area (Å²) in [7, 11) is 0. The van der Waals surface area contributed by atoms with Gasteiger partial charge in [-0.25, -0.2) is 0 Å². The van der Waals surface area contributed by atoms with Crippen molar-refractivity contribution in [1.29, 1.82) is 0 Å². The third-order valence-electron chi connectivity index (χ3n) is 6.30. The first kappa shape index (κ1) is 19.9. The van der Waals surface area contributed by atoms with E-state index in [1.54, 1.807) is 6.20 Å². The second kappa shape index (κ2) is 9.40. The van der Waals surface area contributed by atoms with Crippen molar-refractivity contribution >= 4 is 11.6 Å². The molecule has 5 nitrogen and oxygen atoms in total. The molecular weight excluding hydrogens is 360 g/mol. The monoisotopic (exact) mass is 392 g/mol. The van der Waals surface area contributed by atoms with E-state index in [2.05, 4.69) is 52.0 Å². The van der Waals surface area contributed by atoms with Crippen molar-refractivity contribution in [1.82, 2.24) is 14.8 Å². The van der Waals surface area contributed by atoms with Crippen LogP contribution in [0, 0.1) is 0 Å². The Hall–Kier alpha value is -2.40. The SMILES string of the molecule is CCC1CCCCN1c1ccnc(C(=O)N2CCN(Cc3ccccc3)CC2)c1. The quantitative estimate of drug-likeness (QED) is 0.776. The highest BCUT2D eigenvalue weighted by Gasteiger charge is 2.25. The number of benzene rings is 1. The minimum atomic E-state index is 0.0660. The number of carbonyl (C=O) groups excluding carboxylic acids is 1. The zero-order valence-corrected chi connectivity index (χ0v) is 17.5. The summed E-state index contributed by atoms with van der Waals surface area (Å²) in [5.41, 5.74) is 3.06. The van der Waals surface area contributed by atoms with Crippen molar-refractivity contribution in [3.63, 3.8) is 0 Å². The maximum Gasteiger partial charge on any atom is 0.272 e. The lowest BCUT2D eigenvalue weighted by Gasteiger charge is -2.37. The van der Waals surface area contributed by atoms with Gasteiger partial charge in [0.15, 0.2) is 0 Å². The van der Waals surface area contributed by atoms with E-state index in [1.807, 2.05) is 17.0 Å². The summed E-state index contributed by atoms with van der Waals surface area (Å²) in [6, 6.07) is 15.2. The summed E-state index contributed by atoms with van der Waals surface area (Å²) in [6.45, 7) is 7.62. The molecule has 0 bridgehead atoms. The Labute approximate surface area is 174 Å². The fourth-order valence-electron chi connectivity index (χ4n) is 4.59. The van der Waals surface area contributed by atoms with Crippen molar-refractivity contribution in [3.8, 4) is 0 Å². The average molecular weight is 393 g/mol. The predicted octanol–water partition coefficient (Wildman–Crippen LogP) is 3.81. The Morgan fingerprint density at radius 2 is 1.83 bits per heavy atom. The van der Waals surface area contributed by atoms with Crippen molar-refractivity contribution in [3.05, 3.63) is 59.9 Å². The molecule has 154 valence electrons. The van der Waals surface area contributed by atoms with E-state index in [0.717, 1.165) is 51.4 Å². The van der Waals surface area contributed by atoms with E-state index >= 15 is 0 Å². The molecule has 2 aliphatic heterocycles. The Bertz CT molecular complexity index is 802. The van der Waals surface area contributed by atoms with E-state index in [1.165, 1.54) is 24.8 Å². The van der Waals surface area contributed by atoms with Crippen molar-refractivity contribution in [2.24, 2.45) is 0 Å². The highest BCUT2D eigenvalue weighted by Crippen LogP contribution is 2.27. The van der Waals surface area contributed by atoms with Gasteiger partial charge in [-0.3, -0.25) is 14.7 Å². The summed E-state index contributed by atoms with van der Waals surface area (Å²) in [6.07, 6.45) is 6.72. The number of nitrogens with zero attached hydrogens (tertiary/aromatic N) is 4. The third-order valence-corrected chi connectivity index (χ3v) is 6.30. The van der Waals surface area contributed by atoms with Gasteiger partial charge in [0.05, 0.1) is 0 Å². The van der Waals surface area contributed by atoms with Gasteiger partial charge in [0.25, 0.3) is 5.91 Å². The lowest BCUT2D eigenvalue weighted by molar-refractivity contribution is 0.0622. The second-order valence-electron chi connectivity index (χ2n) is 8.20. The number of anilines is 1. The average Bonchev–Trinajstić information content (AvgIpc) is 2.80. The summed E-state index contributed by atoms with van der Waals surface area (Å²) in [4.78, 5) is 24.3. The maximum absolute atomic E-state index is 13.1. The van der Waals surface area contributed by atoms with Gasteiger partial charge in [-0.15, -0.1) is 0 Å². The lowest BCUT2D eigenvalue weighted by Crippen LogP contribution is -2.48. The van der Waals surface area contributed by atoms with Crippen molar-refractivity contribution in [2.75, 3.05) is 37.6 Å². The minimum Gasteiger partial charge on any atom is -0.368 e. The van der Waals surface area contributed by atoms with E-state index in [-0.39, 0.29) is 5.91 Å². The maximum atomic E-state index is 13.1. The normalized spacial score (nSPS) is 20.7. The molecule has 0 radical (unpaired) electrons. The Kier molecular flexibility index (Phi) is 6.45. The second-order valence-corrected chi connectivity index (χ2v) is 8.20. The molecule has 29 heavy (non-hydrogen) atoms. The molecule has 5 heteroatoms. The highest BCUT2D eigenvalue weighted by atomic mass is 16.2. The van der Waals surface area contributed by atoms with Gasteiger partial charge in [0.1, 0.15) is 5.69 Å². The van der Waals surface area contributed by atoms with Crippen LogP contribution in [0.3, 0.4) is 0 Å². The first-order valence-corrected chi connectivity index (χ1v) is 11.0. The zero-order chi connectivity index (χ0) is 20.1. The number of amides is 1. The van der Waals surface area contributed by atoms with Crippen molar-refractivity contribution < 1.29 is 4.79 Å². The van der Waals surface area contributed by atoms with E-state index in [0.29, 0.717) is 11.7 Å². The fraction of sp³-hybridized carbons (Fsp3) is 0.500. The zero-order valence-electron chi connectivity index (χ0n) is 17.5. The highest BCUT2D eigenvalue weighted by molar-refractivity contribution is 5.93. The van der Waals surface area contributed by atoms with Gasteiger partial charge in [0, 0.05) is 57.2 Å². The molecule has 1 amide bonds. The molecule has 0 saturated carbocycles. The lowest BCUT2D eigenvalue weighted by atomic mass is 9.99. The number of hydrogen-bond acceptors (Lipinski definition) is 4. The molecule has 3 heterocycles. The smallest absolute Gasteiger partial charge is 0.272 e. The first-order valence-electron chi connectivity index (χ1n) is 11.0. The van der Waals surface area contributed by atoms with Crippen LogP contribution in [0.2, 0.25) is 0 Å². The first-order chi connectivity index (χ1) is 14.2. The van der Waals surface area contributed by atoms with Gasteiger partial charge in [-0.05, 0) is 43.4 Å².